The van der Waals surface area contributed by atoms with Crippen molar-refractivity contribution in [2.24, 2.45) is 5.10 Å². The molecule has 0 amide bonds. The summed E-state index contributed by atoms with van der Waals surface area (Å²) in [7, 11) is 1.58. The molecule has 0 fully saturated rings. The zero-order chi connectivity index (χ0) is 27.6. The van der Waals surface area contributed by atoms with Crippen LogP contribution in [0.5, 0.6) is 11.5 Å². The second kappa shape index (κ2) is 10.8. The number of benzene rings is 4. The maximum atomic E-state index is 13.7. The summed E-state index contributed by atoms with van der Waals surface area (Å²) in [6, 6.07) is 28.5. The second-order valence-corrected chi connectivity index (χ2v) is 10.2. The van der Waals surface area contributed by atoms with Gasteiger partial charge < -0.3 is 13.9 Å². The Labute approximate surface area is 238 Å². The first-order valence-electron chi connectivity index (χ1n) is 12.6. The van der Waals surface area contributed by atoms with Gasteiger partial charge in [-0.2, -0.15) is 9.78 Å². The van der Waals surface area contributed by atoms with E-state index in [0.29, 0.717) is 51.7 Å². The minimum Gasteiger partial charge on any atom is -0.493 e. The Bertz CT molecular complexity index is 1930. The zero-order valence-electron chi connectivity index (χ0n) is 21.8. The van der Waals surface area contributed by atoms with E-state index in [4.69, 9.17) is 18.9 Å². The number of ether oxygens (including phenoxy) is 2. The predicted octanol–water partition coefficient (Wildman–Crippen LogP) is 7.35. The summed E-state index contributed by atoms with van der Waals surface area (Å²) in [6.07, 6.45) is 1.57. The lowest BCUT2D eigenvalue weighted by Crippen LogP contribution is -2.20. The Morgan fingerprint density at radius 2 is 1.82 bits per heavy atom. The van der Waals surface area contributed by atoms with Crippen LogP contribution in [0.3, 0.4) is 0 Å². The average molecular weight is 594 g/mol. The molecular weight excluding hydrogens is 570 g/mol. The molecule has 7 nitrogen and oxygen atoms in total. The Hall–Kier alpha value is -4.69. The molecule has 0 bridgehead atoms. The van der Waals surface area contributed by atoms with E-state index < -0.39 is 0 Å². The minimum absolute atomic E-state index is 0.292. The third-order valence-electron chi connectivity index (χ3n) is 6.45. The molecule has 0 spiro atoms. The molecular formula is C32H24BrN3O4. The van der Waals surface area contributed by atoms with Crippen LogP contribution in [0.15, 0.2) is 110 Å². The first-order valence-corrected chi connectivity index (χ1v) is 13.4. The molecule has 0 atom stereocenters. The van der Waals surface area contributed by atoms with E-state index in [1.807, 2.05) is 73.7 Å². The molecule has 198 valence electrons. The van der Waals surface area contributed by atoms with E-state index in [2.05, 4.69) is 27.1 Å². The number of fused-ring (bicyclic) bond motifs is 2. The van der Waals surface area contributed by atoms with Crippen LogP contribution < -0.4 is 15.0 Å². The topological polar surface area (TPSA) is 78.9 Å². The number of hydrogen-bond donors (Lipinski definition) is 0. The van der Waals surface area contributed by atoms with Crippen molar-refractivity contribution >= 4 is 44.0 Å². The van der Waals surface area contributed by atoms with Gasteiger partial charge in [0.2, 0.25) is 5.82 Å². The lowest BCUT2D eigenvalue weighted by atomic mass is 10.1. The van der Waals surface area contributed by atoms with E-state index in [9.17, 15) is 4.79 Å². The fraction of sp³-hybridized carbons (Fsp3) is 0.0938. The quantitative estimate of drug-likeness (QED) is 0.181. The van der Waals surface area contributed by atoms with Crippen LogP contribution in [-0.2, 0) is 6.61 Å². The zero-order valence-corrected chi connectivity index (χ0v) is 23.4. The number of furan rings is 1. The summed E-state index contributed by atoms with van der Waals surface area (Å²) in [4.78, 5) is 18.4. The average Bonchev–Trinajstić information content (AvgIpc) is 3.40. The molecule has 0 aliphatic heterocycles. The van der Waals surface area contributed by atoms with Gasteiger partial charge in [-0.1, -0.05) is 76.1 Å². The van der Waals surface area contributed by atoms with Gasteiger partial charge in [-0.3, -0.25) is 4.79 Å². The molecule has 0 saturated heterocycles. The lowest BCUT2D eigenvalue weighted by molar-refractivity contribution is 0.284. The van der Waals surface area contributed by atoms with Crippen LogP contribution in [0.1, 0.15) is 16.7 Å². The molecule has 0 unspecified atom stereocenters. The van der Waals surface area contributed by atoms with Gasteiger partial charge in [0.25, 0.3) is 5.56 Å². The van der Waals surface area contributed by atoms with E-state index >= 15 is 0 Å². The van der Waals surface area contributed by atoms with Gasteiger partial charge in [0.15, 0.2) is 17.3 Å². The van der Waals surface area contributed by atoms with Crippen LogP contribution in [-0.4, -0.2) is 23.0 Å². The number of para-hydroxylation sites is 2. The highest BCUT2D eigenvalue weighted by Crippen LogP contribution is 2.35. The lowest BCUT2D eigenvalue weighted by Gasteiger charge is -2.14. The molecule has 0 aliphatic carbocycles. The number of rotatable bonds is 7. The van der Waals surface area contributed by atoms with Gasteiger partial charge in [0.05, 0.1) is 24.2 Å². The molecule has 8 heteroatoms. The summed E-state index contributed by atoms with van der Waals surface area (Å²) < 4.78 is 20.0. The standard InChI is InChI=1S/C32H24BrN3O4/c1-20-8-7-9-21(14-20)19-39-30-23(15-24(33)17-28(30)38-2)18-34-36-31(29-16-22-10-3-6-13-27(22)40-29)35-26-12-5-4-11-25(26)32(36)37/h3-18H,19H2,1-2H3. The monoisotopic (exact) mass is 593 g/mol. The van der Waals surface area contributed by atoms with Crippen molar-refractivity contribution in [3.8, 4) is 23.1 Å². The first kappa shape index (κ1) is 25.6. The molecule has 0 aliphatic rings. The fourth-order valence-corrected chi connectivity index (χ4v) is 5.01. The Morgan fingerprint density at radius 3 is 2.65 bits per heavy atom. The predicted molar refractivity (Wildman–Crippen MR) is 160 cm³/mol. The van der Waals surface area contributed by atoms with Crippen LogP contribution >= 0.6 is 15.9 Å². The van der Waals surface area contributed by atoms with Crippen LogP contribution in [0, 0.1) is 6.92 Å². The second-order valence-electron chi connectivity index (χ2n) is 9.27. The third-order valence-corrected chi connectivity index (χ3v) is 6.90. The molecule has 6 rings (SSSR count). The van der Waals surface area contributed by atoms with Crippen molar-refractivity contribution < 1.29 is 13.9 Å². The minimum atomic E-state index is -0.318. The number of nitrogens with zero attached hydrogens (tertiary/aromatic N) is 3. The fourth-order valence-electron chi connectivity index (χ4n) is 4.55. The van der Waals surface area contributed by atoms with Crippen LogP contribution in [0.25, 0.3) is 33.5 Å². The summed E-state index contributed by atoms with van der Waals surface area (Å²) >= 11 is 3.54. The number of hydrogen-bond acceptors (Lipinski definition) is 6. The molecule has 0 saturated carbocycles. The first-order chi connectivity index (χ1) is 19.5. The number of methoxy groups -OCH3 is 1. The van der Waals surface area contributed by atoms with Gasteiger partial charge >= 0.3 is 0 Å². The van der Waals surface area contributed by atoms with Gasteiger partial charge in [-0.05, 0) is 48.9 Å². The van der Waals surface area contributed by atoms with Crippen molar-refractivity contribution in [3.63, 3.8) is 0 Å². The Morgan fingerprint density at radius 1 is 1.00 bits per heavy atom. The highest BCUT2D eigenvalue weighted by Gasteiger charge is 2.17. The van der Waals surface area contributed by atoms with E-state index in [0.717, 1.165) is 21.0 Å². The highest BCUT2D eigenvalue weighted by atomic mass is 79.9. The summed E-state index contributed by atoms with van der Waals surface area (Å²) in [5.74, 6) is 1.76. The van der Waals surface area contributed by atoms with Crippen molar-refractivity contribution in [2.75, 3.05) is 7.11 Å². The Kier molecular flexibility index (Phi) is 6.92. The summed E-state index contributed by atoms with van der Waals surface area (Å²) in [5.41, 5.74) is 3.72. The number of halogens is 1. The molecule has 2 aromatic heterocycles. The van der Waals surface area contributed by atoms with Crippen molar-refractivity contribution in [2.45, 2.75) is 13.5 Å². The smallest absolute Gasteiger partial charge is 0.282 e. The van der Waals surface area contributed by atoms with Gasteiger partial charge in [0.1, 0.15) is 12.2 Å². The maximum absolute atomic E-state index is 13.7. The van der Waals surface area contributed by atoms with Crippen molar-refractivity contribution in [1.29, 1.82) is 0 Å². The summed E-state index contributed by atoms with van der Waals surface area (Å²) in [5, 5.41) is 5.97. The van der Waals surface area contributed by atoms with Crippen LogP contribution in [0.4, 0.5) is 0 Å². The number of aryl methyl sites for hydroxylation is 1. The van der Waals surface area contributed by atoms with Crippen LogP contribution in [0.2, 0.25) is 0 Å². The molecule has 0 radical (unpaired) electrons. The van der Waals surface area contributed by atoms with Gasteiger partial charge in [-0.15, -0.1) is 0 Å². The third kappa shape index (κ3) is 5.01. The SMILES string of the molecule is COc1cc(Br)cc(C=Nn2c(-c3cc4ccccc4o3)nc3ccccc3c2=O)c1OCc1cccc(C)c1. The van der Waals surface area contributed by atoms with Crippen molar-refractivity contribution in [3.05, 3.63) is 123 Å². The largest absolute Gasteiger partial charge is 0.493 e. The Balaban J connectivity index is 1.47. The molecule has 4 aromatic carbocycles. The molecule has 6 aromatic rings. The summed E-state index contributed by atoms with van der Waals surface area (Å²) in [6.45, 7) is 2.37. The highest BCUT2D eigenvalue weighted by molar-refractivity contribution is 9.10. The van der Waals surface area contributed by atoms with E-state index in [-0.39, 0.29) is 5.56 Å². The van der Waals surface area contributed by atoms with Gasteiger partial charge in [-0.25, -0.2) is 4.98 Å². The number of aromatic nitrogens is 2. The molecule has 40 heavy (non-hydrogen) atoms. The molecule has 2 heterocycles. The van der Waals surface area contributed by atoms with Crippen molar-refractivity contribution in [1.82, 2.24) is 9.66 Å². The maximum Gasteiger partial charge on any atom is 0.282 e. The van der Waals surface area contributed by atoms with E-state index in [1.165, 1.54) is 4.68 Å². The van der Waals surface area contributed by atoms with Gasteiger partial charge in [0, 0.05) is 15.4 Å². The molecule has 0 N–H and O–H groups in total. The van der Waals surface area contributed by atoms with E-state index in [1.54, 1.807) is 31.5 Å². The normalized spacial score (nSPS) is 11.5.